The number of benzene rings is 2. The smallest absolute Gasteiger partial charge is 0.284 e. The van der Waals surface area contributed by atoms with E-state index in [0.29, 0.717) is 22.1 Å². The number of nitrogens with one attached hydrogen (secondary N) is 1. The van der Waals surface area contributed by atoms with Crippen LogP contribution < -0.4 is 9.62 Å². The number of thiophene rings is 1. The van der Waals surface area contributed by atoms with E-state index < -0.39 is 15.9 Å². The van der Waals surface area contributed by atoms with Gasteiger partial charge in [0.1, 0.15) is 5.69 Å². The van der Waals surface area contributed by atoms with Crippen LogP contribution in [0.5, 0.6) is 0 Å². The van der Waals surface area contributed by atoms with Crippen LogP contribution in [0.3, 0.4) is 0 Å². The number of amides is 1. The zero-order valence-corrected chi connectivity index (χ0v) is 20.6. The molecular weight excluding hydrogens is 476 g/mol. The van der Waals surface area contributed by atoms with Gasteiger partial charge in [0, 0.05) is 20.7 Å². The predicted octanol–water partition coefficient (Wildman–Crippen LogP) is 4.87. The van der Waals surface area contributed by atoms with Gasteiger partial charge in [-0.2, -0.15) is 5.26 Å². The molecule has 0 atom stereocenters. The molecule has 0 aliphatic carbocycles. The number of thiazole rings is 1. The van der Waals surface area contributed by atoms with Crippen molar-refractivity contribution in [3.8, 4) is 6.07 Å². The number of fused-ring (bicyclic) bond motifs is 1. The summed E-state index contributed by atoms with van der Waals surface area (Å²) in [6, 6.07) is 15.5. The van der Waals surface area contributed by atoms with E-state index in [0.717, 1.165) is 17.5 Å². The molecule has 1 amide bonds. The molecule has 2 aromatic heterocycles. The maximum atomic E-state index is 12.5. The molecule has 0 spiro atoms. The van der Waals surface area contributed by atoms with E-state index in [2.05, 4.69) is 35.5 Å². The Morgan fingerprint density at radius 2 is 1.91 bits per heavy atom. The predicted molar refractivity (Wildman–Crippen MR) is 133 cm³/mol. The fraction of sp³-hybridized carbons (Fsp3) is 0.174. The Hall–Kier alpha value is -3.26. The van der Waals surface area contributed by atoms with E-state index in [-0.39, 0.29) is 5.69 Å². The Kier molecular flexibility index (Phi) is 6.21. The SMILES string of the molecule is Cc1sc(N(Cc2csc3cccc(C)c23)c2ccc(C#N)cc2)nc1C(=O)NS(C)(=O)=O. The number of hydrogen-bond donors (Lipinski definition) is 1. The van der Waals surface area contributed by atoms with Crippen LogP contribution in [0.4, 0.5) is 10.8 Å². The number of carbonyl (C=O) groups excluding carboxylic acids is 1. The second-order valence-corrected chi connectivity index (χ2v) is 11.4. The third-order valence-electron chi connectivity index (χ3n) is 5.03. The van der Waals surface area contributed by atoms with Gasteiger partial charge >= 0.3 is 0 Å². The van der Waals surface area contributed by atoms with Crippen LogP contribution in [0, 0.1) is 25.2 Å². The van der Waals surface area contributed by atoms with Crippen molar-refractivity contribution in [1.82, 2.24) is 9.71 Å². The van der Waals surface area contributed by atoms with Gasteiger partial charge in [-0.15, -0.1) is 22.7 Å². The molecule has 0 bridgehead atoms. The minimum atomic E-state index is -3.71. The first kappa shape index (κ1) is 22.9. The summed E-state index contributed by atoms with van der Waals surface area (Å²) in [4.78, 5) is 19.6. The van der Waals surface area contributed by atoms with Crippen molar-refractivity contribution in [3.63, 3.8) is 0 Å². The van der Waals surface area contributed by atoms with Crippen molar-refractivity contribution in [2.75, 3.05) is 11.2 Å². The summed E-state index contributed by atoms with van der Waals surface area (Å²) in [5.41, 5.74) is 3.72. The van der Waals surface area contributed by atoms with Gasteiger partial charge in [-0.3, -0.25) is 4.79 Å². The van der Waals surface area contributed by atoms with Crippen molar-refractivity contribution in [1.29, 1.82) is 5.26 Å². The van der Waals surface area contributed by atoms with Gasteiger partial charge in [-0.1, -0.05) is 12.1 Å². The van der Waals surface area contributed by atoms with Gasteiger partial charge in [-0.25, -0.2) is 18.1 Å². The summed E-state index contributed by atoms with van der Waals surface area (Å²) in [7, 11) is -3.71. The molecule has 0 radical (unpaired) electrons. The van der Waals surface area contributed by atoms with E-state index in [9.17, 15) is 13.2 Å². The highest BCUT2D eigenvalue weighted by molar-refractivity contribution is 7.89. The van der Waals surface area contributed by atoms with Crippen molar-refractivity contribution < 1.29 is 13.2 Å². The lowest BCUT2D eigenvalue weighted by molar-refractivity contribution is 0.0977. The molecule has 0 aliphatic heterocycles. The molecule has 2 heterocycles. The fourth-order valence-electron chi connectivity index (χ4n) is 3.54. The van der Waals surface area contributed by atoms with Crippen LogP contribution in [-0.2, 0) is 16.6 Å². The molecule has 4 rings (SSSR count). The van der Waals surface area contributed by atoms with Crippen LogP contribution in [0.2, 0.25) is 0 Å². The Morgan fingerprint density at radius 3 is 2.58 bits per heavy atom. The van der Waals surface area contributed by atoms with Crippen molar-refractivity contribution in [3.05, 3.63) is 75.1 Å². The van der Waals surface area contributed by atoms with Gasteiger partial charge in [-0.05, 0) is 60.7 Å². The van der Waals surface area contributed by atoms with Crippen molar-refractivity contribution >= 4 is 59.5 Å². The van der Waals surface area contributed by atoms with Crippen LogP contribution >= 0.6 is 22.7 Å². The summed E-state index contributed by atoms with van der Waals surface area (Å²) < 4.78 is 26.2. The molecule has 0 saturated carbocycles. The number of anilines is 2. The molecule has 0 saturated heterocycles. The lowest BCUT2D eigenvalue weighted by Crippen LogP contribution is -2.30. The Balaban J connectivity index is 1.79. The summed E-state index contributed by atoms with van der Waals surface area (Å²) in [6.07, 6.45) is 0.931. The number of carbonyl (C=O) groups is 1. The van der Waals surface area contributed by atoms with Crippen LogP contribution in [-0.4, -0.2) is 25.6 Å². The minimum absolute atomic E-state index is 0.0745. The van der Waals surface area contributed by atoms with Gasteiger partial charge in [0.2, 0.25) is 10.0 Å². The van der Waals surface area contributed by atoms with Crippen LogP contribution in [0.1, 0.15) is 32.1 Å². The van der Waals surface area contributed by atoms with E-state index in [1.54, 1.807) is 30.4 Å². The summed E-state index contributed by atoms with van der Waals surface area (Å²) in [6.45, 7) is 4.31. The van der Waals surface area contributed by atoms with Gasteiger partial charge < -0.3 is 4.90 Å². The van der Waals surface area contributed by atoms with E-state index >= 15 is 0 Å². The topological polar surface area (TPSA) is 103 Å². The molecule has 7 nitrogen and oxygen atoms in total. The highest BCUT2D eigenvalue weighted by atomic mass is 32.2. The molecule has 33 heavy (non-hydrogen) atoms. The van der Waals surface area contributed by atoms with E-state index in [1.165, 1.54) is 27.0 Å². The zero-order valence-electron chi connectivity index (χ0n) is 18.1. The Bertz CT molecular complexity index is 1500. The largest absolute Gasteiger partial charge is 0.313 e. The minimum Gasteiger partial charge on any atom is -0.313 e. The average molecular weight is 497 g/mol. The maximum Gasteiger partial charge on any atom is 0.284 e. The van der Waals surface area contributed by atoms with E-state index in [1.807, 2.05) is 27.8 Å². The van der Waals surface area contributed by atoms with Gasteiger partial charge in [0.15, 0.2) is 5.13 Å². The van der Waals surface area contributed by atoms with Gasteiger partial charge in [0.05, 0.1) is 24.4 Å². The molecular formula is C23H20N4O3S3. The highest BCUT2D eigenvalue weighted by Gasteiger charge is 2.23. The molecule has 0 unspecified atom stereocenters. The summed E-state index contributed by atoms with van der Waals surface area (Å²) in [5.74, 6) is -0.755. The van der Waals surface area contributed by atoms with Crippen molar-refractivity contribution in [2.45, 2.75) is 20.4 Å². The molecule has 0 aliphatic rings. The first-order valence-corrected chi connectivity index (χ1v) is 13.5. The number of nitrogens with zero attached hydrogens (tertiary/aromatic N) is 3. The Labute approximate surface area is 200 Å². The molecule has 0 fully saturated rings. The van der Waals surface area contributed by atoms with E-state index in [4.69, 9.17) is 5.26 Å². The second-order valence-electron chi connectivity index (χ2n) is 7.56. The standard InChI is InChI=1S/C23H20N4O3S3/c1-14-5-4-6-19-20(14)17(13-31-19)12-27(18-9-7-16(11-24)8-10-18)23-25-21(15(2)32-23)22(28)26-33(3,29)30/h4-10,13H,12H2,1-3H3,(H,26,28). The van der Waals surface area contributed by atoms with Crippen LogP contribution in [0.15, 0.2) is 47.8 Å². The fourth-order valence-corrected chi connectivity index (χ4v) is 5.93. The summed E-state index contributed by atoms with van der Waals surface area (Å²) in [5, 5.41) is 13.0. The quantitative estimate of drug-likeness (QED) is 0.408. The molecule has 168 valence electrons. The maximum absolute atomic E-state index is 12.5. The monoisotopic (exact) mass is 496 g/mol. The number of aryl methyl sites for hydroxylation is 2. The number of rotatable bonds is 6. The number of hydrogen-bond acceptors (Lipinski definition) is 8. The summed E-state index contributed by atoms with van der Waals surface area (Å²) >= 11 is 2.98. The second kappa shape index (κ2) is 8.94. The molecule has 2 aromatic carbocycles. The Morgan fingerprint density at radius 1 is 1.18 bits per heavy atom. The number of aromatic nitrogens is 1. The first-order valence-electron chi connectivity index (χ1n) is 9.89. The van der Waals surface area contributed by atoms with Gasteiger partial charge in [0.25, 0.3) is 5.91 Å². The molecule has 10 heteroatoms. The zero-order chi connectivity index (χ0) is 23.8. The normalized spacial score (nSPS) is 11.3. The molecule has 1 N–H and O–H groups in total. The highest BCUT2D eigenvalue weighted by Crippen LogP contribution is 2.36. The number of nitriles is 1. The average Bonchev–Trinajstić information content (AvgIpc) is 3.35. The van der Waals surface area contributed by atoms with Crippen LogP contribution in [0.25, 0.3) is 10.1 Å². The van der Waals surface area contributed by atoms with Crippen molar-refractivity contribution in [2.24, 2.45) is 0 Å². The first-order chi connectivity index (χ1) is 15.7. The third kappa shape index (κ3) is 4.90. The molecule has 4 aromatic rings. The third-order valence-corrected chi connectivity index (χ3v) is 7.58. The lowest BCUT2D eigenvalue weighted by atomic mass is 10.1. The number of sulfonamides is 1. The lowest BCUT2D eigenvalue weighted by Gasteiger charge is -2.22.